The van der Waals surface area contributed by atoms with Crippen LogP contribution in [0.2, 0.25) is 0 Å². The second kappa shape index (κ2) is 7.94. The Labute approximate surface area is 176 Å². The Balaban J connectivity index is 1.46. The first-order chi connectivity index (χ1) is 14.7. The molecule has 5 heteroatoms. The van der Waals surface area contributed by atoms with Gasteiger partial charge >= 0.3 is 0 Å². The van der Waals surface area contributed by atoms with Gasteiger partial charge in [0.1, 0.15) is 18.5 Å². The van der Waals surface area contributed by atoms with Gasteiger partial charge in [-0.1, -0.05) is 54.6 Å². The summed E-state index contributed by atoms with van der Waals surface area (Å²) in [6, 6.07) is 25.1. The molecule has 1 fully saturated rings. The van der Waals surface area contributed by atoms with Crippen molar-refractivity contribution in [1.29, 1.82) is 0 Å². The molecule has 2 heterocycles. The summed E-state index contributed by atoms with van der Waals surface area (Å²) in [6.07, 6.45) is 6.48. The molecule has 152 valence electrons. The maximum Gasteiger partial charge on any atom is 0.119 e. The molecule has 5 nitrogen and oxygen atoms in total. The smallest absolute Gasteiger partial charge is 0.119 e. The van der Waals surface area contributed by atoms with Crippen molar-refractivity contribution in [2.24, 2.45) is 0 Å². The van der Waals surface area contributed by atoms with Crippen LogP contribution >= 0.6 is 0 Å². The summed E-state index contributed by atoms with van der Waals surface area (Å²) in [4.78, 5) is 10.5. The van der Waals surface area contributed by atoms with E-state index in [0.29, 0.717) is 6.61 Å². The molecule has 2 atom stereocenters. The molecule has 2 unspecified atom stereocenters. The third-order valence-corrected chi connectivity index (χ3v) is 5.94. The molecule has 0 radical (unpaired) electrons. The van der Waals surface area contributed by atoms with Gasteiger partial charge in [-0.15, -0.1) is 0 Å². The highest BCUT2D eigenvalue weighted by Crippen LogP contribution is 2.42. The van der Waals surface area contributed by atoms with Crippen molar-refractivity contribution in [1.82, 2.24) is 14.6 Å². The van der Waals surface area contributed by atoms with Crippen molar-refractivity contribution < 1.29 is 9.57 Å². The van der Waals surface area contributed by atoms with E-state index in [1.54, 1.807) is 0 Å². The Morgan fingerprint density at radius 1 is 1.03 bits per heavy atom. The minimum atomic E-state index is -0.310. The van der Waals surface area contributed by atoms with E-state index in [-0.39, 0.29) is 11.6 Å². The van der Waals surface area contributed by atoms with Gasteiger partial charge in [-0.2, -0.15) is 5.06 Å². The highest BCUT2D eigenvalue weighted by Gasteiger charge is 2.47. The number of hydrogen-bond acceptors (Lipinski definition) is 4. The van der Waals surface area contributed by atoms with E-state index in [2.05, 4.69) is 52.0 Å². The molecular formula is C25H25N3O2. The van der Waals surface area contributed by atoms with Gasteiger partial charge in [0.15, 0.2) is 0 Å². The fourth-order valence-electron chi connectivity index (χ4n) is 4.38. The summed E-state index contributed by atoms with van der Waals surface area (Å²) in [5.74, 6) is 0.863. The molecule has 3 aromatic carbocycles. The first-order valence-electron chi connectivity index (χ1n) is 10.3. The number of hydrogen-bond donors (Lipinski definition) is 0. The fourth-order valence-corrected chi connectivity index (χ4v) is 4.38. The first kappa shape index (κ1) is 18.9. The normalized spacial score (nSPS) is 21.8. The molecule has 1 aliphatic rings. The lowest BCUT2D eigenvalue weighted by Gasteiger charge is -2.35. The van der Waals surface area contributed by atoms with E-state index >= 15 is 0 Å². The Hall–Kier alpha value is -3.15. The number of fused-ring (bicyclic) bond motifs is 1. The summed E-state index contributed by atoms with van der Waals surface area (Å²) in [6.45, 7) is 1.26. The minimum Gasteiger partial charge on any atom is -0.491 e. The van der Waals surface area contributed by atoms with E-state index < -0.39 is 0 Å². The van der Waals surface area contributed by atoms with Crippen LogP contribution in [-0.4, -0.2) is 34.4 Å². The van der Waals surface area contributed by atoms with Gasteiger partial charge in [-0.05, 0) is 34.5 Å². The zero-order chi connectivity index (χ0) is 20.4. The van der Waals surface area contributed by atoms with E-state index in [4.69, 9.17) is 9.57 Å². The molecule has 0 aliphatic carbocycles. The zero-order valence-corrected chi connectivity index (χ0v) is 17.0. The van der Waals surface area contributed by atoms with Crippen LogP contribution in [0.15, 0.2) is 91.5 Å². The Bertz CT molecular complexity index is 1110. The fraction of sp³-hybridized carbons (Fsp3) is 0.240. The lowest BCUT2D eigenvalue weighted by molar-refractivity contribution is -0.179. The Morgan fingerprint density at radius 2 is 1.83 bits per heavy atom. The molecule has 0 bridgehead atoms. The number of rotatable bonds is 6. The van der Waals surface area contributed by atoms with Crippen LogP contribution in [0.25, 0.3) is 10.8 Å². The molecule has 4 aromatic rings. The van der Waals surface area contributed by atoms with Gasteiger partial charge < -0.3 is 9.30 Å². The predicted molar refractivity (Wildman–Crippen MR) is 117 cm³/mol. The van der Waals surface area contributed by atoms with Crippen LogP contribution in [0.1, 0.15) is 12.0 Å². The minimum absolute atomic E-state index is 0.0369. The van der Waals surface area contributed by atoms with Crippen LogP contribution < -0.4 is 4.74 Å². The number of likely N-dealkylation sites (N-methyl/N-ethyl adjacent to an activating group) is 1. The number of hydroxylamine groups is 2. The van der Waals surface area contributed by atoms with Crippen LogP contribution in [0.5, 0.6) is 5.75 Å². The maximum atomic E-state index is 6.29. The van der Waals surface area contributed by atoms with Crippen molar-refractivity contribution in [2.75, 3.05) is 13.7 Å². The van der Waals surface area contributed by atoms with Crippen molar-refractivity contribution in [3.63, 3.8) is 0 Å². The summed E-state index contributed by atoms with van der Waals surface area (Å²) < 4.78 is 8.12. The zero-order valence-electron chi connectivity index (χ0n) is 17.0. The number of nitrogens with zero attached hydrogens (tertiary/aromatic N) is 3. The van der Waals surface area contributed by atoms with E-state index in [1.165, 1.54) is 16.3 Å². The van der Waals surface area contributed by atoms with Crippen LogP contribution in [0, 0.1) is 0 Å². The van der Waals surface area contributed by atoms with E-state index in [9.17, 15) is 0 Å². The SMILES string of the molecule is CN1OC(COc2ccccc2)CC1(Cn1ccnc1)c1ccc2ccccc2c1. The van der Waals surface area contributed by atoms with Gasteiger partial charge in [-0.25, -0.2) is 4.98 Å². The monoisotopic (exact) mass is 399 g/mol. The lowest BCUT2D eigenvalue weighted by Crippen LogP contribution is -2.41. The lowest BCUT2D eigenvalue weighted by atomic mass is 9.84. The van der Waals surface area contributed by atoms with Gasteiger partial charge in [0, 0.05) is 32.4 Å². The molecular weight excluding hydrogens is 374 g/mol. The van der Waals surface area contributed by atoms with Gasteiger partial charge in [-0.3, -0.25) is 4.84 Å². The number of ether oxygens (including phenoxy) is 1. The molecule has 0 amide bonds. The Morgan fingerprint density at radius 3 is 2.63 bits per heavy atom. The molecule has 1 saturated heterocycles. The molecule has 1 aliphatic heterocycles. The number of aromatic nitrogens is 2. The molecule has 1 aromatic heterocycles. The second-order valence-corrected chi connectivity index (χ2v) is 7.88. The number of benzene rings is 3. The molecule has 0 N–H and O–H groups in total. The molecule has 0 spiro atoms. The standard InChI is InChI=1S/C25H25N3O2/c1-27-25(18-28-14-13-26-19-28,22-12-11-20-7-5-6-8-21(20)15-22)16-24(30-27)17-29-23-9-3-2-4-10-23/h2-15,19,24H,16-18H2,1H3. The van der Waals surface area contributed by atoms with Gasteiger partial charge in [0.25, 0.3) is 0 Å². The van der Waals surface area contributed by atoms with Crippen LogP contribution in [-0.2, 0) is 16.9 Å². The average Bonchev–Trinajstić information content (AvgIpc) is 3.41. The summed E-state index contributed by atoms with van der Waals surface area (Å²) >= 11 is 0. The van der Waals surface area contributed by atoms with Crippen molar-refractivity contribution in [2.45, 2.75) is 24.6 Å². The highest BCUT2D eigenvalue weighted by atomic mass is 16.7. The predicted octanol–water partition coefficient (Wildman–Crippen LogP) is 4.65. The van der Waals surface area contributed by atoms with Gasteiger partial charge in [0.05, 0.1) is 11.9 Å². The van der Waals surface area contributed by atoms with E-state index in [0.717, 1.165) is 18.7 Å². The maximum absolute atomic E-state index is 6.29. The highest BCUT2D eigenvalue weighted by molar-refractivity contribution is 5.83. The quantitative estimate of drug-likeness (QED) is 0.473. The van der Waals surface area contributed by atoms with E-state index in [1.807, 2.05) is 61.2 Å². The third kappa shape index (κ3) is 3.58. The first-order valence-corrected chi connectivity index (χ1v) is 10.3. The largest absolute Gasteiger partial charge is 0.491 e. The third-order valence-electron chi connectivity index (χ3n) is 5.94. The number of imidazole rings is 1. The van der Waals surface area contributed by atoms with Gasteiger partial charge in [0.2, 0.25) is 0 Å². The molecule has 5 rings (SSSR count). The van der Waals surface area contributed by atoms with Crippen LogP contribution in [0.4, 0.5) is 0 Å². The topological polar surface area (TPSA) is 39.5 Å². The van der Waals surface area contributed by atoms with Crippen LogP contribution in [0.3, 0.4) is 0 Å². The Kier molecular flexibility index (Phi) is 4.99. The summed E-state index contributed by atoms with van der Waals surface area (Å²) in [5.41, 5.74) is 0.926. The van der Waals surface area contributed by atoms with Crippen molar-refractivity contribution in [3.05, 3.63) is 97.1 Å². The number of para-hydroxylation sites is 1. The average molecular weight is 399 g/mol. The van der Waals surface area contributed by atoms with Crippen molar-refractivity contribution >= 4 is 10.8 Å². The molecule has 30 heavy (non-hydrogen) atoms. The molecule has 0 saturated carbocycles. The summed E-state index contributed by atoms with van der Waals surface area (Å²) in [5, 5.41) is 4.48. The van der Waals surface area contributed by atoms with Crippen molar-refractivity contribution in [3.8, 4) is 5.75 Å². The second-order valence-electron chi connectivity index (χ2n) is 7.88. The summed E-state index contributed by atoms with van der Waals surface area (Å²) in [7, 11) is 2.02.